The minimum absolute atomic E-state index is 0.138. The molecule has 0 saturated heterocycles. The van der Waals surface area contributed by atoms with Gasteiger partial charge in [-0.15, -0.1) is 5.10 Å². The number of halogens is 1. The summed E-state index contributed by atoms with van der Waals surface area (Å²) in [7, 11) is 0. The van der Waals surface area contributed by atoms with Gasteiger partial charge in [-0.25, -0.2) is 13.9 Å². The fraction of sp³-hybridized carbons (Fsp3) is 0.400. The number of amides is 2. The van der Waals surface area contributed by atoms with E-state index in [0.717, 1.165) is 0 Å². The molecule has 1 aliphatic rings. The smallest absolute Gasteiger partial charge is 0.410 e. The zero-order valence-electron chi connectivity index (χ0n) is 16.8. The van der Waals surface area contributed by atoms with E-state index in [0.29, 0.717) is 23.4 Å². The van der Waals surface area contributed by atoms with Crippen molar-refractivity contribution in [1.29, 1.82) is 0 Å². The molecule has 1 aromatic heterocycles. The van der Waals surface area contributed by atoms with Gasteiger partial charge in [0, 0.05) is 12.0 Å². The van der Waals surface area contributed by atoms with E-state index in [-0.39, 0.29) is 31.2 Å². The van der Waals surface area contributed by atoms with E-state index in [2.05, 4.69) is 5.10 Å². The maximum Gasteiger partial charge on any atom is 0.410 e. The minimum Gasteiger partial charge on any atom is -0.444 e. The Labute approximate surface area is 167 Å². The Balaban J connectivity index is 2.01. The van der Waals surface area contributed by atoms with E-state index < -0.39 is 17.5 Å². The molecule has 0 unspecified atom stereocenters. The highest BCUT2D eigenvalue weighted by Gasteiger charge is 2.36. The number of ether oxygens (including phenoxy) is 1. The zero-order valence-corrected chi connectivity index (χ0v) is 16.8. The first-order valence-corrected chi connectivity index (χ1v) is 9.26. The number of rotatable bonds is 4. The van der Waals surface area contributed by atoms with Crippen LogP contribution in [-0.2, 0) is 22.6 Å². The fourth-order valence-electron chi connectivity index (χ4n) is 3.06. The second-order valence-electron chi connectivity index (χ2n) is 7.70. The summed E-state index contributed by atoms with van der Waals surface area (Å²) >= 11 is 0. The monoisotopic (exact) mass is 402 g/mol. The van der Waals surface area contributed by atoms with Crippen molar-refractivity contribution in [2.75, 3.05) is 4.90 Å². The van der Waals surface area contributed by atoms with Gasteiger partial charge in [0.05, 0.1) is 24.5 Å². The molecule has 0 N–H and O–H groups in total. The lowest BCUT2D eigenvalue weighted by molar-refractivity contribution is -0.106. The molecule has 0 fully saturated rings. The minimum atomic E-state index is -0.664. The topological polar surface area (TPSA) is 84.7 Å². The average molecular weight is 402 g/mol. The van der Waals surface area contributed by atoms with Gasteiger partial charge in [0.25, 0.3) is 0 Å². The highest BCUT2D eigenvalue weighted by molar-refractivity contribution is 5.88. The molecule has 2 heterocycles. The van der Waals surface area contributed by atoms with Crippen LogP contribution >= 0.6 is 0 Å². The molecular weight excluding hydrogens is 379 g/mol. The van der Waals surface area contributed by atoms with E-state index >= 15 is 0 Å². The number of nitrogens with zero attached hydrogens (tertiary/aromatic N) is 4. The molecule has 0 saturated carbocycles. The van der Waals surface area contributed by atoms with E-state index in [1.54, 1.807) is 27.7 Å². The fourth-order valence-corrected chi connectivity index (χ4v) is 3.06. The second kappa shape index (κ2) is 7.65. The third-order valence-corrected chi connectivity index (χ3v) is 4.39. The average Bonchev–Trinajstić information content (AvgIpc) is 3.22. The Morgan fingerprint density at radius 1 is 1.24 bits per heavy atom. The Bertz CT molecular complexity index is 947. The number of aromatic nitrogens is 2. The van der Waals surface area contributed by atoms with Crippen LogP contribution in [-0.4, -0.2) is 38.7 Å². The van der Waals surface area contributed by atoms with Crippen LogP contribution in [0.3, 0.4) is 0 Å². The van der Waals surface area contributed by atoms with Gasteiger partial charge in [0.15, 0.2) is 5.82 Å². The van der Waals surface area contributed by atoms with Crippen LogP contribution in [0.5, 0.6) is 0 Å². The standard InChI is InChI=1S/C20H23FN4O4/c1-5-17(27)25-16-11-23(19(28)29-20(2,3)4)10-15(16)18(22-25)24(12-26)14-8-6-13(21)7-9-14/h6-9,12H,5,10-11H2,1-4H3. The third-order valence-electron chi connectivity index (χ3n) is 4.39. The van der Waals surface area contributed by atoms with Crippen LogP contribution < -0.4 is 4.90 Å². The normalized spacial score (nSPS) is 13.2. The lowest BCUT2D eigenvalue weighted by Crippen LogP contribution is -2.34. The molecule has 0 aliphatic carbocycles. The van der Waals surface area contributed by atoms with Crippen molar-refractivity contribution in [1.82, 2.24) is 14.7 Å². The first-order chi connectivity index (χ1) is 13.6. The predicted octanol–water partition coefficient (Wildman–Crippen LogP) is 3.62. The number of carbonyl (C=O) groups excluding carboxylic acids is 3. The van der Waals surface area contributed by atoms with Crippen molar-refractivity contribution >= 4 is 29.9 Å². The van der Waals surface area contributed by atoms with Gasteiger partial charge in [0.1, 0.15) is 11.4 Å². The van der Waals surface area contributed by atoms with Crippen molar-refractivity contribution in [3.05, 3.63) is 41.3 Å². The molecule has 154 valence electrons. The Hall–Kier alpha value is -3.23. The van der Waals surface area contributed by atoms with Crippen LogP contribution in [0.15, 0.2) is 24.3 Å². The van der Waals surface area contributed by atoms with Gasteiger partial charge >= 0.3 is 6.09 Å². The molecule has 8 nitrogen and oxygen atoms in total. The van der Waals surface area contributed by atoms with Crippen LogP contribution in [0.2, 0.25) is 0 Å². The molecular formula is C20H23FN4O4. The Morgan fingerprint density at radius 2 is 1.90 bits per heavy atom. The molecule has 3 rings (SSSR count). The molecule has 0 spiro atoms. The van der Waals surface area contributed by atoms with Gasteiger partial charge in [-0.1, -0.05) is 6.92 Å². The van der Waals surface area contributed by atoms with Crippen LogP contribution in [0, 0.1) is 5.82 Å². The number of hydrogen-bond acceptors (Lipinski definition) is 5. The van der Waals surface area contributed by atoms with Crippen molar-refractivity contribution < 1.29 is 23.5 Å². The van der Waals surface area contributed by atoms with Gasteiger partial charge in [-0.05, 0) is 45.0 Å². The van der Waals surface area contributed by atoms with Crippen molar-refractivity contribution in [3.8, 4) is 0 Å². The highest BCUT2D eigenvalue weighted by atomic mass is 19.1. The van der Waals surface area contributed by atoms with Crippen LogP contribution in [0.4, 0.5) is 20.7 Å². The molecule has 1 aliphatic heterocycles. The summed E-state index contributed by atoms with van der Waals surface area (Å²) in [6.45, 7) is 7.29. The number of anilines is 2. The molecule has 0 atom stereocenters. The van der Waals surface area contributed by atoms with E-state index in [9.17, 15) is 18.8 Å². The van der Waals surface area contributed by atoms with Crippen molar-refractivity contribution in [2.24, 2.45) is 0 Å². The van der Waals surface area contributed by atoms with Gasteiger partial charge in [0.2, 0.25) is 12.3 Å². The van der Waals surface area contributed by atoms with Gasteiger partial charge in [-0.3, -0.25) is 19.4 Å². The summed E-state index contributed by atoms with van der Waals surface area (Å²) in [6.07, 6.45) is 0.235. The second-order valence-corrected chi connectivity index (χ2v) is 7.70. The van der Waals surface area contributed by atoms with Crippen molar-refractivity contribution in [3.63, 3.8) is 0 Å². The van der Waals surface area contributed by atoms with E-state index in [1.165, 1.54) is 38.7 Å². The summed E-state index contributed by atoms with van der Waals surface area (Å²) in [6, 6.07) is 5.34. The molecule has 0 radical (unpaired) electrons. The summed E-state index contributed by atoms with van der Waals surface area (Å²) < 4.78 is 19.9. The molecule has 29 heavy (non-hydrogen) atoms. The predicted molar refractivity (Wildman–Crippen MR) is 103 cm³/mol. The summed E-state index contributed by atoms with van der Waals surface area (Å²) in [4.78, 5) is 39.4. The first kappa shape index (κ1) is 20.5. The van der Waals surface area contributed by atoms with Crippen molar-refractivity contribution in [2.45, 2.75) is 52.8 Å². The Morgan fingerprint density at radius 3 is 2.45 bits per heavy atom. The van der Waals surface area contributed by atoms with Crippen LogP contribution in [0.1, 0.15) is 50.2 Å². The SMILES string of the molecule is CCC(=O)n1nc(N(C=O)c2ccc(F)cc2)c2c1CN(C(=O)OC(C)(C)C)C2. The lowest BCUT2D eigenvalue weighted by Gasteiger charge is -2.24. The molecule has 2 aromatic rings. The Kier molecular flexibility index (Phi) is 5.41. The quantitative estimate of drug-likeness (QED) is 0.730. The maximum absolute atomic E-state index is 13.3. The number of fused-ring (bicyclic) bond motifs is 1. The largest absolute Gasteiger partial charge is 0.444 e. The molecule has 9 heteroatoms. The summed E-state index contributed by atoms with van der Waals surface area (Å²) in [5.41, 5.74) is 0.845. The summed E-state index contributed by atoms with van der Waals surface area (Å²) in [5, 5.41) is 4.33. The number of hydrogen-bond donors (Lipinski definition) is 0. The van der Waals surface area contributed by atoms with Gasteiger partial charge < -0.3 is 4.74 Å². The van der Waals surface area contributed by atoms with Crippen LogP contribution in [0.25, 0.3) is 0 Å². The first-order valence-electron chi connectivity index (χ1n) is 9.26. The highest BCUT2D eigenvalue weighted by Crippen LogP contribution is 2.35. The zero-order chi connectivity index (χ0) is 21.3. The third kappa shape index (κ3) is 4.13. The summed E-state index contributed by atoms with van der Waals surface area (Å²) in [5.74, 6) is -0.467. The van der Waals surface area contributed by atoms with E-state index in [1.807, 2.05) is 0 Å². The maximum atomic E-state index is 13.3. The molecule has 2 amide bonds. The van der Waals surface area contributed by atoms with Gasteiger partial charge in [-0.2, -0.15) is 0 Å². The molecule has 1 aromatic carbocycles. The van der Waals surface area contributed by atoms with E-state index in [4.69, 9.17) is 4.74 Å². The number of carbonyl (C=O) groups is 3. The number of benzene rings is 1. The lowest BCUT2D eigenvalue weighted by atomic mass is 10.2. The molecule has 0 bridgehead atoms.